The van der Waals surface area contributed by atoms with E-state index in [1.165, 1.54) is 6.92 Å². The number of rotatable bonds is 6. The molecule has 0 bridgehead atoms. The van der Waals surface area contributed by atoms with Crippen molar-refractivity contribution in [1.29, 1.82) is 0 Å². The van der Waals surface area contributed by atoms with Gasteiger partial charge in [0.25, 0.3) is 11.8 Å². The molecule has 3 rings (SSSR count). The van der Waals surface area contributed by atoms with Gasteiger partial charge in [-0.05, 0) is 50.2 Å². The van der Waals surface area contributed by atoms with Crippen molar-refractivity contribution in [1.82, 2.24) is 15.8 Å². The maximum atomic E-state index is 12.1. The number of carbonyl (C=O) groups is 3. The zero-order chi connectivity index (χ0) is 24.9. The normalized spacial score (nSPS) is 10.7. The Balaban J connectivity index is 0.00000114. The minimum absolute atomic E-state index is 0. The van der Waals surface area contributed by atoms with E-state index in [2.05, 4.69) is 26.0 Å². The van der Waals surface area contributed by atoms with Gasteiger partial charge in [-0.25, -0.2) is 15.8 Å². The standard InChI is InChI=1S/C23H21N5O2.C2H4O2.Zn/c1-16(25-27-22(29)18-10-5-3-6-11-18)20-14-9-15-21(24-20)17(2)26-28-23(30)19-12-7-4-8-13-19;1-2(3)4;/h3-15H,1-2H3,(H,27,29)(H,28,30);1H3,(H,3,4);/q;;+2/p+1. The molecule has 2 aromatic carbocycles. The van der Waals surface area contributed by atoms with E-state index >= 15 is 0 Å². The van der Waals surface area contributed by atoms with Crippen molar-refractivity contribution in [3.63, 3.8) is 0 Å². The predicted molar refractivity (Wildman–Crippen MR) is 131 cm³/mol. The van der Waals surface area contributed by atoms with E-state index < -0.39 is 5.97 Å². The van der Waals surface area contributed by atoms with E-state index in [0.29, 0.717) is 33.9 Å². The Morgan fingerprint density at radius 2 is 1.00 bits per heavy atom. The molecule has 0 atom stereocenters. The largest absolute Gasteiger partial charge is 2.00 e. The summed E-state index contributed by atoms with van der Waals surface area (Å²) in [6, 6.07) is 23.1. The average Bonchev–Trinajstić information content (AvgIpc) is 2.86. The Kier molecular flexibility index (Phi) is 12.4. The fourth-order valence-electron chi connectivity index (χ4n) is 2.53. The maximum Gasteiger partial charge on any atom is 2.00 e. The van der Waals surface area contributed by atoms with E-state index in [1.54, 1.807) is 74.5 Å². The number of carbonyl (C=O) groups excluding carboxylic acids is 3. The number of hydrogen-bond acceptors (Lipinski definition) is 6. The van der Waals surface area contributed by atoms with Crippen LogP contribution >= 0.6 is 0 Å². The molecule has 0 unspecified atom stereocenters. The van der Waals surface area contributed by atoms with Crippen LogP contribution in [-0.2, 0) is 24.3 Å². The van der Waals surface area contributed by atoms with Crippen molar-refractivity contribution in [3.05, 3.63) is 101 Å². The number of amides is 2. The van der Waals surface area contributed by atoms with Crippen LogP contribution < -0.4 is 10.9 Å². The molecule has 0 aliphatic heterocycles. The summed E-state index contributed by atoms with van der Waals surface area (Å²) in [6.45, 7) is 4.70. The molecule has 0 radical (unpaired) electrons. The number of benzene rings is 2. The fourth-order valence-corrected chi connectivity index (χ4v) is 2.53. The summed E-state index contributed by atoms with van der Waals surface area (Å²) < 4.78 is 0. The summed E-state index contributed by atoms with van der Waals surface area (Å²) in [7, 11) is 0. The second-order valence-electron chi connectivity index (χ2n) is 6.97. The number of nitrogens with zero attached hydrogens (tertiary/aromatic N) is 3. The smallest absolute Gasteiger partial charge is 0.565 e. The molecular weight excluding hydrogens is 500 g/mol. The number of pyridine rings is 1. The molecule has 0 spiro atoms. The summed E-state index contributed by atoms with van der Waals surface area (Å²) in [5, 5.41) is 14.2. The van der Waals surface area contributed by atoms with Gasteiger partial charge in [0, 0.05) is 15.9 Å². The zero-order valence-electron chi connectivity index (χ0n) is 19.8. The van der Waals surface area contributed by atoms with Crippen molar-refractivity contribution in [3.8, 4) is 0 Å². The molecule has 4 N–H and O–H groups in total. The number of aromatic nitrogens is 1. The van der Waals surface area contributed by atoms with Crippen molar-refractivity contribution in [2.75, 3.05) is 0 Å². The van der Waals surface area contributed by atoms with Crippen LogP contribution in [0.25, 0.3) is 0 Å². The zero-order valence-corrected chi connectivity index (χ0v) is 22.7. The molecular formula is C25H26N5O4Zn+3. The van der Waals surface area contributed by atoms with Crippen molar-refractivity contribution < 1.29 is 39.0 Å². The van der Waals surface area contributed by atoms with Gasteiger partial charge in [0.1, 0.15) is 0 Å². The van der Waals surface area contributed by atoms with Crippen LogP contribution in [0.4, 0.5) is 0 Å². The van der Waals surface area contributed by atoms with Crippen LogP contribution in [-0.4, -0.2) is 39.3 Å². The molecule has 0 saturated heterocycles. The molecule has 0 fully saturated rings. The minimum Gasteiger partial charge on any atom is -0.565 e. The number of nitrogens with one attached hydrogen (secondary N) is 2. The molecule has 0 aliphatic rings. The van der Waals surface area contributed by atoms with Crippen LogP contribution in [0.15, 0.2) is 89.1 Å². The summed E-state index contributed by atoms with van der Waals surface area (Å²) >= 11 is 0. The SMILES string of the molecule is CC(=NNC(=O)c1ccccc1)c1cccc(C(C)=NNC(=O)c2ccccc2)n1.CC(=O)[OH2+].[Zn+2]. The molecule has 174 valence electrons. The molecule has 0 saturated carbocycles. The third-order valence-corrected chi connectivity index (χ3v) is 4.21. The Morgan fingerprint density at radius 1 is 0.657 bits per heavy atom. The van der Waals surface area contributed by atoms with Gasteiger partial charge in [-0.15, -0.1) is 0 Å². The first kappa shape index (κ1) is 29.0. The number of hydrazone groups is 2. The molecule has 3 aromatic rings. The number of hydrogen-bond donors (Lipinski definition) is 2. The van der Waals surface area contributed by atoms with E-state index in [1.807, 2.05) is 18.2 Å². The van der Waals surface area contributed by atoms with Gasteiger partial charge in [0.2, 0.25) is 0 Å². The van der Waals surface area contributed by atoms with Gasteiger partial charge in [0.15, 0.2) is 0 Å². The molecule has 1 aromatic heterocycles. The van der Waals surface area contributed by atoms with Crippen LogP contribution in [0, 0.1) is 0 Å². The molecule has 10 heteroatoms. The van der Waals surface area contributed by atoms with Crippen LogP contribution in [0.3, 0.4) is 0 Å². The third kappa shape index (κ3) is 10.2. The monoisotopic (exact) mass is 524 g/mol. The molecule has 1 heterocycles. The summed E-state index contributed by atoms with van der Waals surface area (Å²) in [5.41, 5.74) is 8.36. The van der Waals surface area contributed by atoms with E-state index in [9.17, 15) is 9.59 Å². The van der Waals surface area contributed by atoms with Gasteiger partial charge >= 0.3 is 25.4 Å². The quantitative estimate of drug-likeness (QED) is 0.221. The Hall–Kier alpha value is -4.04. The van der Waals surface area contributed by atoms with E-state index in [-0.39, 0.29) is 31.3 Å². The minimum atomic E-state index is -0.583. The predicted octanol–water partition coefficient (Wildman–Crippen LogP) is 2.64. The first-order valence-electron chi connectivity index (χ1n) is 10.3. The van der Waals surface area contributed by atoms with Gasteiger partial charge in [-0.3, -0.25) is 9.59 Å². The van der Waals surface area contributed by atoms with Gasteiger partial charge < -0.3 is 5.11 Å². The topological polar surface area (TPSA) is 136 Å². The van der Waals surface area contributed by atoms with Crippen LogP contribution in [0.1, 0.15) is 52.9 Å². The second-order valence-corrected chi connectivity index (χ2v) is 6.97. The Labute approximate surface area is 216 Å². The first-order valence-corrected chi connectivity index (χ1v) is 10.3. The molecule has 2 amide bonds. The summed E-state index contributed by atoms with van der Waals surface area (Å²) in [6.07, 6.45) is 0. The van der Waals surface area contributed by atoms with Crippen molar-refractivity contribution in [2.45, 2.75) is 20.8 Å². The van der Waals surface area contributed by atoms with Gasteiger partial charge in [-0.2, -0.15) is 10.2 Å². The summed E-state index contributed by atoms with van der Waals surface area (Å²) in [5.74, 6) is -1.18. The Bertz CT molecular complexity index is 1110. The van der Waals surface area contributed by atoms with Crippen LogP contribution in [0.5, 0.6) is 0 Å². The summed E-state index contributed by atoms with van der Waals surface area (Å²) in [4.78, 5) is 37.9. The van der Waals surface area contributed by atoms with Gasteiger partial charge in [0.05, 0.1) is 29.7 Å². The van der Waals surface area contributed by atoms with E-state index in [4.69, 9.17) is 9.90 Å². The average molecular weight is 526 g/mol. The molecule has 0 aliphatic carbocycles. The molecule has 9 nitrogen and oxygen atoms in total. The van der Waals surface area contributed by atoms with Crippen LogP contribution in [0.2, 0.25) is 0 Å². The first-order chi connectivity index (χ1) is 16.3. The molecule has 35 heavy (non-hydrogen) atoms. The van der Waals surface area contributed by atoms with Crippen molar-refractivity contribution in [2.24, 2.45) is 10.2 Å². The van der Waals surface area contributed by atoms with E-state index in [0.717, 1.165) is 0 Å². The fraction of sp³-hybridized carbons (Fsp3) is 0.120. The Morgan fingerprint density at radius 3 is 1.34 bits per heavy atom. The maximum absolute atomic E-state index is 12.1. The second kappa shape index (κ2) is 15.0. The van der Waals surface area contributed by atoms with Crippen molar-refractivity contribution >= 4 is 29.2 Å². The third-order valence-electron chi connectivity index (χ3n) is 4.21. The van der Waals surface area contributed by atoms with Gasteiger partial charge in [-0.1, -0.05) is 42.5 Å².